The number of H-pyrrole nitrogens is 1. The molecule has 5 nitrogen and oxygen atoms in total. The van der Waals surface area contributed by atoms with Crippen LogP contribution in [0.5, 0.6) is 0 Å². The van der Waals surface area contributed by atoms with Crippen molar-refractivity contribution in [3.63, 3.8) is 0 Å². The van der Waals surface area contributed by atoms with Crippen LogP contribution in [0.3, 0.4) is 0 Å². The van der Waals surface area contributed by atoms with Crippen LogP contribution >= 0.6 is 0 Å². The minimum Gasteiger partial charge on any atom is -0.359 e. The third-order valence-corrected chi connectivity index (χ3v) is 6.82. The lowest BCUT2D eigenvalue weighted by molar-refractivity contribution is -0.190. The quantitative estimate of drug-likeness (QED) is 0.629. The van der Waals surface area contributed by atoms with Crippen LogP contribution in [-0.2, 0) is 9.53 Å². The zero-order valence-corrected chi connectivity index (χ0v) is 19.5. The number of aromatic amines is 1. The molecule has 1 aromatic heterocycles. The second-order valence-electron chi connectivity index (χ2n) is 10.8. The Labute approximate surface area is 188 Å². The number of carbonyl (C=O) groups is 1. The minimum absolute atomic E-state index is 0.0297. The molecule has 0 spiro atoms. The Kier molecular flexibility index (Phi) is 5.68. The van der Waals surface area contributed by atoms with E-state index in [1.807, 2.05) is 20.8 Å². The molecule has 0 bridgehead atoms. The van der Waals surface area contributed by atoms with E-state index < -0.39 is 30.1 Å². The minimum atomic E-state index is -2.88. The molecule has 2 aromatic rings. The van der Waals surface area contributed by atoms with Crippen LogP contribution in [0, 0.1) is 11.3 Å². The predicted octanol–water partition coefficient (Wildman–Crippen LogP) is 5.61. The van der Waals surface area contributed by atoms with Crippen LogP contribution in [0.4, 0.5) is 8.78 Å². The highest BCUT2D eigenvalue weighted by molar-refractivity contribution is 5.85. The fourth-order valence-corrected chi connectivity index (χ4v) is 4.31. The summed E-state index contributed by atoms with van der Waals surface area (Å²) in [5.41, 5.74) is 1.64. The Morgan fingerprint density at radius 2 is 1.91 bits per heavy atom. The average Bonchev–Trinajstić information content (AvgIpc) is 3.26. The van der Waals surface area contributed by atoms with Crippen molar-refractivity contribution in [2.75, 3.05) is 6.61 Å². The maximum Gasteiger partial charge on any atom is 0.271 e. The van der Waals surface area contributed by atoms with Gasteiger partial charge in [-0.2, -0.15) is 0 Å². The number of nitrogens with one attached hydrogen (secondary N) is 2. The van der Waals surface area contributed by atoms with Crippen molar-refractivity contribution in [1.29, 1.82) is 0 Å². The standard InChI is InChI=1S/C25H33F2N3O2/c1-15-12-18(15)16-6-8-17(9-7-16)19-13-28-21(29-19)20(23(2,3)4)30-22(31)24(5)10-11-25(26,27)14-32-24/h6-9,13,15,18,20H,10-12,14H2,1-5H3,(H,28,29)(H,30,31)/t15-,18-,20+,24-/m0/s1. The topological polar surface area (TPSA) is 67.0 Å². The number of ether oxygens (including phenoxy) is 1. The molecule has 2 aliphatic rings. The zero-order valence-electron chi connectivity index (χ0n) is 19.5. The fourth-order valence-electron chi connectivity index (χ4n) is 4.31. The molecular weight excluding hydrogens is 412 g/mol. The van der Waals surface area contributed by atoms with Crippen molar-refractivity contribution in [3.05, 3.63) is 41.9 Å². The molecule has 4 rings (SSSR count). The highest BCUT2D eigenvalue weighted by Gasteiger charge is 2.47. The molecule has 32 heavy (non-hydrogen) atoms. The lowest BCUT2D eigenvalue weighted by Gasteiger charge is -2.38. The first-order chi connectivity index (χ1) is 14.9. The third-order valence-electron chi connectivity index (χ3n) is 6.82. The molecule has 1 aliphatic heterocycles. The van der Waals surface area contributed by atoms with Gasteiger partial charge in [0.1, 0.15) is 18.0 Å². The maximum atomic E-state index is 13.5. The van der Waals surface area contributed by atoms with E-state index >= 15 is 0 Å². The Morgan fingerprint density at radius 3 is 2.44 bits per heavy atom. The van der Waals surface area contributed by atoms with Gasteiger partial charge in [0.2, 0.25) is 0 Å². The van der Waals surface area contributed by atoms with Crippen LogP contribution in [0.15, 0.2) is 30.5 Å². The van der Waals surface area contributed by atoms with Crippen molar-refractivity contribution in [1.82, 2.24) is 15.3 Å². The van der Waals surface area contributed by atoms with E-state index in [2.05, 4.69) is 46.5 Å². The summed E-state index contributed by atoms with van der Waals surface area (Å²) in [6.45, 7) is 9.12. The smallest absolute Gasteiger partial charge is 0.271 e. The van der Waals surface area contributed by atoms with Crippen molar-refractivity contribution in [2.45, 2.75) is 77.4 Å². The van der Waals surface area contributed by atoms with Gasteiger partial charge in [-0.15, -0.1) is 0 Å². The number of hydrogen-bond acceptors (Lipinski definition) is 3. The van der Waals surface area contributed by atoms with Gasteiger partial charge in [0, 0.05) is 6.42 Å². The molecule has 0 unspecified atom stereocenters. The van der Waals surface area contributed by atoms with Crippen molar-refractivity contribution >= 4 is 5.91 Å². The number of nitrogens with zero attached hydrogens (tertiary/aromatic N) is 1. The molecule has 1 saturated heterocycles. The molecule has 2 fully saturated rings. The molecule has 1 saturated carbocycles. The number of carbonyl (C=O) groups excluding carboxylic acids is 1. The van der Waals surface area contributed by atoms with Gasteiger partial charge in [-0.05, 0) is 48.1 Å². The van der Waals surface area contributed by atoms with E-state index in [1.54, 1.807) is 13.1 Å². The normalized spacial score (nSPS) is 28.2. The Balaban J connectivity index is 1.51. The third kappa shape index (κ3) is 4.72. The number of benzene rings is 1. The van der Waals surface area contributed by atoms with Gasteiger partial charge in [-0.1, -0.05) is 52.0 Å². The van der Waals surface area contributed by atoms with Gasteiger partial charge in [-0.3, -0.25) is 4.79 Å². The lowest BCUT2D eigenvalue weighted by atomic mass is 9.85. The second-order valence-corrected chi connectivity index (χ2v) is 10.8. The van der Waals surface area contributed by atoms with E-state index in [1.165, 1.54) is 12.0 Å². The van der Waals surface area contributed by atoms with Gasteiger partial charge < -0.3 is 15.0 Å². The van der Waals surface area contributed by atoms with E-state index in [9.17, 15) is 13.6 Å². The van der Waals surface area contributed by atoms with E-state index in [4.69, 9.17) is 4.74 Å². The number of imidazole rings is 1. The highest BCUT2D eigenvalue weighted by atomic mass is 19.3. The van der Waals surface area contributed by atoms with Crippen molar-refractivity contribution < 1.29 is 18.3 Å². The number of halogens is 2. The van der Waals surface area contributed by atoms with Gasteiger partial charge in [0.25, 0.3) is 11.8 Å². The molecule has 1 aliphatic carbocycles. The fraction of sp³-hybridized carbons (Fsp3) is 0.600. The summed E-state index contributed by atoms with van der Waals surface area (Å²) in [4.78, 5) is 21.0. The summed E-state index contributed by atoms with van der Waals surface area (Å²) in [6.07, 6.45) is 2.63. The first-order valence-corrected chi connectivity index (χ1v) is 11.4. The summed E-state index contributed by atoms with van der Waals surface area (Å²) in [7, 11) is 0. The van der Waals surface area contributed by atoms with Gasteiger partial charge in [0.15, 0.2) is 0 Å². The Morgan fingerprint density at radius 1 is 1.25 bits per heavy atom. The first kappa shape index (κ1) is 22.9. The molecule has 2 N–H and O–H groups in total. The molecule has 1 aromatic carbocycles. The average molecular weight is 446 g/mol. The zero-order chi connectivity index (χ0) is 23.3. The predicted molar refractivity (Wildman–Crippen MR) is 119 cm³/mol. The van der Waals surface area contributed by atoms with Crippen LogP contribution in [0.2, 0.25) is 0 Å². The van der Waals surface area contributed by atoms with Gasteiger partial charge >= 0.3 is 0 Å². The molecule has 7 heteroatoms. The van der Waals surface area contributed by atoms with Crippen LogP contribution in [-0.4, -0.2) is 34.0 Å². The molecule has 1 amide bonds. The van der Waals surface area contributed by atoms with Crippen LogP contribution < -0.4 is 5.32 Å². The maximum absolute atomic E-state index is 13.5. The molecular formula is C25H33F2N3O2. The molecule has 2 heterocycles. The van der Waals surface area contributed by atoms with Crippen LogP contribution in [0.25, 0.3) is 11.3 Å². The summed E-state index contributed by atoms with van der Waals surface area (Å²) < 4.78 is 32.3. The lowest BCUT2D eigenvalue weighted by Crippen LogP contribution is -2.54. The molecule has 4 atom stereocenters. The summed E-state index contributed by atoms with van der Waals surface area (Å²) >= 11 is 0. The van der Waals surface area contributed by atoms with Crippen molar-refractivity contribution in [3.8, 4) is 11.3 Å². The van der Waals surface area contributed by atoms with Gasteiger partial charge in [0.05, 0.1) is 17.9 Å². The van der Waals surface area contributed by atoms with E-state index in [0.29, 0.717) is 11.7 Å². The van der Waals surface area contributed by atoms with E-state index in [0.717, 1.165) is 17.2 Å². The second kappa shape index (κ2) is 7.94. The SMILES string of the molecule is C[C@H]1C[C@@H]1c1ccc(-c2cnc([C@@H](NC(=O)[C@]3(C)CCC(F)(F)CO3)C(C)(C)C)[nH]2)cc1. The molecule has 0 radical (unpaired) electrons. The van der Waals surface area contributed by atoms with E-state index in [-0.39, 0.29) is 18.3 Å². The number of aromatic nitrogens is 2. The summed E-state index contributed by atoms with van der Waals surface area (Å²) in [5.74, 6) is -1.21. The monoisotopic (exact) mass is 445 g/mol. The Bertz CT molecular complexity index is 968. The van der Waals surface area contributed by atoms with Crippen LogP contribution in [0.1, 0.15) is 77.2 Å². The van der Waals surface area contributed by atoms with Gasteiger partial charge in [-0.25, -0.2) is 13.8 Å². The molecule has 174 valence electrons. The summed E-state index contributed by atoms with van der Waals surface area (Å²) in [5, 5.41) is 3.01. The summed E-state index contributed by atoms with van der Waals surface area (Å²) in [6, 6.07) is 8.10. The first-order valence-electron chi connectivity index (χ1n) is 11.4. The number of amides is 1. The Hall–Kier alpha value is -2.28. The number of hydrogen-bond donors (Lipinski definition) is 2. The number of alkyl halides is 2. The largest absolute Gasteiger partial charge is 0.359 e. The number of rotatable bonds is 5. The van der Waals surface area contributed by atoms with Crippen molar-refractivity contribution in [2.24, 2.45) is 11.3 Å². The highest BCUT2D eigenvalue weighted by Crippen LogP contribution is 2.47.